The molecule has 0 N–H and O–H groups in total. The third-order valence-corrected chi connectivity index (χ3v) is 3.87. The zero-order valence-corrected chi connectivity index (χ0v) is 11.2. The Balaban J connectivity index is 2.15. The molecule has 0 amide bonds. The van der Waals surface area contributed by atoms with Crippen LogP contribution in [0, 0.1) is 6.42 Å². The van der Waals surface area contributed by atoms with E-state index in [9.17, 15) is 0 Å². The summed E-state index contributed by atoms with van der Waals surface area (Å²) in [6.07, 6.45) is 2.27. The maximum Gasteiger partial charge on any atom is 0.0253 e. The van der Waals surface area contributed by atoms with Crippen LogP contribution in [0.1, 0.15) is 23.6 Å². The first kappa shape index (κ1) is 10.8. The second-order valence-electron chi connectivity index (χ2n) is 4.25. The van der Waals surface area contributed by atoms with Gasteiger partial charge < -0.3 is 0 Å². The van der Waals surface area contributed by atoms with Gasteiger partial charge in [-0.25, -0.2) is 0 Å². The summed E-state index contributed by atoms with van der Waals surface area (Å²) >= 11 is 3.63. The summed E-state index contributed by atoms with van der Waals surface area (Å²) in [5.41, 5.74) is 6.58. The quantitative estimate of drug-likeness (QED) is 0.695. The first-order chi connectivity index (χ1) is 8.27. The predicted octanol–water partition coefficient (Wildman–Crippen LogP) is 4.95. The van der Waals surface area contributed by atoms with E-state index < -0.39 is 0 Å². The molecule has 2 aromatic carbocycles. The molecule has 0 aromatic heterocycles. The molecular formula is C16H12Br. The minimum atomic E-state index is 1.18. The zero-order chi connectivity index (χ0) is 11.8. The molecule has 1 heteroatoms. The highest BCUT2D eigenvalue weighted by atomic mass is 79.9. The van der Waals surface area contributed by atoms with Gasteiger partial charge in [-0.1, -0.05) is 58.4 Å². The molecule has 1 aliphatic rings. The molecule has 0 bridgehead atoms. The number of allylic oxidation sites excluding steroid dienone is 2. The summed E-state index contributed by atoms with van der Waals surface area (Å²) in [6, 6.07) is 16.9. The van der Waals surface area contributed by atoms with Crippen molar-refractivity contribution in [2.75, 3.05) is 0 Å². The van der Waals surface area contributed by atoms with Gasteiger partial charge in [-0.3, -0.25) is 0 Å². The fraction of sp³-hybridized carbons (Fsp3) is 0.0625. The van der Waals surface area contributed by atoms with E-state index >= 15 is 0 Å². The van der Waals surface area contributed by atoms with Crippen LogP contribution >= 0.6 is 15.9 Å². The maximum absolute atomic E-state index is 3.63. The van der Waals surface area contributed by atoms with Crippen molar-refractivity contribution in [3.63, 3.8) is 0 Å². The molecule has 0 nitrogen and oxygen atoms in total. The summed E-state index contributed by atoms with van der Waals surface area (Å²) in [7, 11) is 0. The lowest BCUT2D eigenvalue weighted by atomic mass is 10.0. The van der Waals surface area contributed by atoms with Crippen molar-refractivity contribution < 1.29 is 0 Å². The Hall–Kier alpha value is -1.34. The normalized spacial score (nSPS) is 14.0. The molecule has 0 saturated carbocycles. The third-order valence-electron chi connectivity index (χ3n) is 3.21. The summed E-state index contributed by atoms with van der Waals surface area (Å²) in [5, 5.41) is 0. The van der Waals surface area contributed by atoms with Gasteiger partial charge in [0.15, 0.2) is 0 Å². The van der Waals surface area contributed by atoms with Crippen LogP contribution in [-0.4, -0.2) is 0 Å². The van der Waals surface area contributed by atoms with Crippen molar-refractivity contribution in [3.05, 3.63) is 76.1 Å². The van der Waals surface area contributed by atoms with Crippen molar-refractivity contribution in [2.45, 2.75) is 6.92 Å². The van der Waals surface area contributed by atoms with Gasteiger partial charge in [-0.2, -0.15) is 0 Å². The van der Waals surface area contributed by atoms with Crippen molar-refractivity contribution in [2.24, 2.45) is 0 Å². The van der Waals surface area contributed by atoms with Crippen LogP contribution in [0.15, 0.2) is 53.0 Å². The molecule has 17 heavy (non-hydrogen) atoms. The molecule has 0 aliphatic heterocycles. The lowest BCUT2D eigenvalue weighted by Gasteiger charge is -2.04. The molecule has 1 radical (unpaired) electrons. The molecule has 2 aromatic rings. The van der Waals surface area contributed by atoms with E-state index in [4.69, 9.17) is 0 Å². The van der Waals surface area contributed by atoms with Gasteiger partial charge in [0, 0.05) is 10.9 Å². The van der Waals surface area contributed by atoms with Gasteiger partial charge in [0.05, 0.1) is 0 Å². The van der Waals surface area contributed by atoms with Crippen LogP contribution in [0.4, 0.5) is 0 Å². The number of hydrogen-bond acceptors (Lipinski definition) is 0. The highest BCUT2D eigenvalue weighted by Gasteiger charge is 2.21. The van der Waals surface area contributed by atoms with Gasteiger partial charge >= 0.3 is 0 Å². The van der Waals surface area contributed by atoms with Crippen LogP contribution in [0.5, 0.6) is 0 Å². The summed E-state index contributed by atoms with van der Waals surface area (Å²) < 4.78 is 1.18. The Labute approximate surface area is 110 Å². The monoisotopic (exact) mass is 283 g/mol. The number of rotatable bonds is 1. The second-order valence-corrected chi connectivity index (χ2v) is 5.11. The Bertz CT molecular complexity index is 594. The third kappa shape index (κ3) is 1.75. The SMILES string of the molecule is CC1=C(c2ccccc2)[CH]c2cccc(Br)c21. The Morgan fingerprint density at radius 3 is 2.35 bits per heavy atom. The maximum atomic E-state index is 3.63. The van der Waals surface area contributed by atoms with E-state index in [1.54, 1.807) is 0 Å². The molecule has 83 valence electrons. The number of fused-ring (bicyclic) bond motifs is 1. The molecule has 0 atom stereocenters. The Kier molecular flexibility index (Phi) is 2.64. The lowest BCUT2D eigenvalue weighted by molar-refractivity contribution is 1.49. The van der Waals surface area contributed by atoms with Gasteiger partial charge in [0.25, 0.3) is 0 Å². The molecule has 0 heterocycles. The average molecular weight is 284 g/mol. The van der Waals surface area contributed by atoms with Crippen molar-refractivity contribution in [3.8, 4) is 0 Å². The van der Waals surface area contributed by atoms with Crippen LogP contribution < -0.4 is 0 Å². The highest BCUT2D eigenvalue weighted by molar-refractivity contribution is 9.10. The Morgan fingerprint density at radius 1 is 0.882 bits per heavy atom. The van der Waals surface area contributed by atoms with Crippen LogP contribution in [0.25, 0.3) is 11.1 Å². The minimum absolute atomic E-state index is 1.18. The molecule has 0 unspecified atom stereocenters. The smallest absolute Gasteiger partial charge is 0.0253 e. The zero-order valence-electron chi connectivity index (χ0n) is 9.57. The first-order valence-electron chi connectivity index (χ1n) is 5.67. The minimum Gasteiger partial charge on any atom is -0.0622 e. The summed E-state index contributed by atoms with van der Waals surface area (Å²) in [6.45, 7) is 2.19. The Morgan fingerprint density at radius 2 is 1.65 bits per heavy atom. The molecular weight excluding hydrogens is 272 g/mol. The van der Waals surface area contributed by atoms with Gasteiger partial charge in [0.1, 0.15) is 0 Å². The second kappa shape index (κ2) is 4.15. The summed E-state index contributed by atoms with van der Waals surface area (Å²) in [4.78, 5) is 0. The standard InChI is InChI=1S/C16H12Br/c1-11-14(12-6-3-2-4-7-12)10-13-8-5-9-15(17)16(11)13/h2-10H,1H3. The van der Waals surface area contributed by atoms with E-state index in [0.717, 1.165) is 0 Å². The van der Waals surface area contributed by atoms with Crippen LogP contribution in [0.2, 0.25) is 0 Å². The lowest BCUT2D eigenvalue weighted by Crippen LogP contribution is -1.82. The van der Waals surface area contributed by atoms with Gasteiger partial charge in [-0.15, -0.1) is 0 Å². The fourth-order valence-corrected chi connectivity index (χ4v) is 3.05. The largest absolute Gasteiger partial charge is 0.0622 e. The van der Waals surface area contributed by atoms with Gasteiger partial charge in [-0.05, 0) is 40.8 Å². The number of benzene rings is 2. The first-order valence-corrected chi connectivity index (χ1v) is 6.46. The molecule has 0 spiro atoms. The molecule has 0 saturated heterocycles. The van der Waals surface area contributed by atoms with Crippen LogP contribution in [-0.2, 0) is 0 Å². The molecule has 3 rings (SSSR count). The molecule has 1 aliphatic carbocycles. The van der Waals surface area contributed by atoms with E-state index in [2.05, 4.69) is 77.8 Å². The van der Waals surface area contributed by atoms with Crippen molar-refractivity contribution in [1.29, 1.82) is 0 Å². The number of halogens is 1. The average Bonchev–Trinajstić information content (AvgIpc) is 2.69. The fourth-order valence-electron chi connectivity index (χ4n) is 2.37. The van der Waals surface area contributed by atoms with E-state index in [1.165, 1.54) is 32.3 Å². The highest BCUT2D eigenvalue weighted by Crippen LogP contribution is 2.42. The van der Waals surface area contributed by atoms with E-state index in [1.807, 2.05) is 0 Å². The molecule has 0 fully saturated rings. The summed E-state index contributed by atoms with van der Waals surface area (Å²) in [5.74, 6) is 0. The van der Waals surface area contributed by atoms with Gasteiger partial charge in [0.2, 0.25) is 0 Å². The van der Waals surface area contributed by atoms with E-state index in [-0.39, 0.29) is 0 Å². The van der Waals surface area contributed by atoms with Crippen LogP contribution in [0.3, 0.4) is 0 Å². The topological polar surface area (TPSA) is 0 Å². The predicted molar refractivity (Wildman–Crippen MR) is 76.5 cm³/mol. The van der Waals surface area contributed by atoms with Crippen molar-refractivity contribution in [1.82, 2.24) is 0 Å². The number of hydrogen-bond donors (Lipinski definition) is 0. The van der Waals surface area contributed by atoms with E-state index in [0.29, 0.717) is 0 Å². The van der Waals surface area contributed by atoms with Crippen molar-refractivity contribution >= 4 is 27.1 Å².